The van der Waals surface area contributed by atoms with Gasteiger partial charge in [0.15, 0.2) is 5.16 Å². The summed E-state index contributed by atoms with van der Waals surface area (Å²) in [7, 11) is 0. The van der Waals surface area contributed by atoms with Gasteiger partial charge in [0.25, 0.3) is 5.69 Å². The smallest absolute Gasteiger partial charge is 0.333 e. The number of alkyl halides is 3. The van der Waals surface area contributed by atoms with Crippen LogP contribution in [-0.4, -0.2) is 14.9 Å². The Bertz CT molecular complexity index is 953. The zero-order chi connectivity index (χ0) is 18.9. The minimum atomic E-state index is -4.64. The number of nitrogens with zero attached hydrogens (tertiary/aromatic N) is 2. The molecule has 0 aliphatic heterocycles. The second kappa shape index (κ2) is 6.83. The van der Waals surface area contributed by atoms with E-state index in [4.69, 9.17) is 0 Å². The number of aromatic amines is 1. The predicted octanol–water partition coefficient (Wildman–Crippen LogP) is 5.46. The van der Waals surface area contributed by atoms with Gasteiger partial charge in [0, 0.05) is 6.07 Å². The molecule has 1 aromatic heterocycles. The average Bonchev–Trinajstić information content (AvgIpc) is 3.03. The molecule has 1 heterocycles. The fourth-order valence-electron chi connectivity index (χ4n) is 2.26. The molecule has 2 aromatic carbocycles. The Hall–Kier alpha value is -2.81. The Kier molecular flexibility index (Phi) is 4.73. The van der Waals surface area contributed by atoms with Crippen LogP contribution in [0.1, 0.15) is 11.1 Å². The molecule has 0 atom stereocenters. The van der Waals surface area contributed by atoms with Crippen molar-refractivity contribution < 1.29 is 18.1 Å². The van der Waals surface area contributed by atoms with Gasteiger partial charge in [0.05, 0.1) is 27.3 Å². The molecule has 0 aliphatic rings. The van der Waals surface area contributed by atoms with Gasteiger partial charge < -0.3 is 4.98 Å². The molecule has 3 rings (SSSR count). The first-order valence-electron chi connectivity index (χ1n) is 7.39. The molecular weight excluding hydrogens is 367 g/mol. The maximum atomic E-state index is 12.8. The second-order valence-corrected chi connectivity index (χ2v) is 6.54. The molecule has 26 heavy (non-hydrogen) atoms. The normalized spacial score (nSPS) is 11.5. The van der Waals surface area contributed by atoms with Gasteiger partial charge in [0.2, 0.25) is 0 Å². The van der Waals surface area contributed by atoms with Crippen LogP contribution >= 0.6 is 11.8 Å². The molecule has 0 saturated heterocycles. The van der Waals surface area contributed by atoms with E-state index in [9.17, 15) is 23.3 Å². The van der Waals surface area contributed by atoms with Gasteiger partial charge in [-0.05, 0) is 36.4 Å². The summed E-state index contributed by atoms with van der Waals surface area (Å²) in [5.41, 5.74) is 1.02. The Balaban J connectivity index is 1.89. The van der Waals surface area contributed by atoms with E-state index in [0.29, 0.717) is 16.9 Å². The van der Waals surface area contributed by atoms with E-state index in [-0.39, 0.29) is 4.90 Å². The standard InChI is InChI=1S/C17H12F3N3O2S/c1-10-2-4-11(5-3-10)13-9-21-16(22-13)26-15-7-6-12(17(18,19)20)8-14(15)23(24)25/h2-9H,1H3,(H,21,22). The highest BCUT2D eigenvalue weighted by Gasteiger charge is 2.33. The minimum Gasteiger partial charge on any atom is -0.333 e. The largest absolute Gasteiger partial charge is 0.416 e. The molecule has 3 aromatic rings. The highest BCUT2D eigenvalue weighted by Crippen LogP contribution is 2.38. The number of hydrogen-bond acceptors (Lipinski definition) is 4. The number of H-pyrrole nitrogens is 1. The van der Waals surface area contributed by atoms with Gasteiger partial charge in [-0.15, -0.1) is 0 Å². The number of nitro groups is 1. The van der Waals surface area contributed by atoms with E-state index in [2.05, 4.69) is 9.97 Å². The third-order valence-electron chi connectivity index (χ3n) is 3.60. The number of benzene rings is 2. The lowest BCUT2D eigenvalue weighted by molar-refractivity contribution is -0.388. The number of rotatable bonds is 4. The average molecular weight is 379 g/mol. The van der Waals surface area contributed by atoms with Crippen LogP contribution in [0.3, 0.4) is 0 Å². The molecular formula is C17H12F3N3O2S. The monoisotopic (exact) mass is 379 g/mol. The van der Waals surface area contributed by atoms with Crippen molar-refractivity contribution >= 4 is 17.4 Å². The zero-order valence-corrected chi connectivity index (χ0v) is 14.2. The molecule has 0 amide bonds. The second-order valence-electron chi connectivity index (χ2n) is 5.51. The molecule has 0 fully saturated rings. The summed E-state index contributed by atoms with van der Waals surface area (Å²) in [6.07, 6.45) is -3.07. The molecule has 9 heteroatoms. The first-order chi connectivity index (χ1) is 12.2. The van der Waals surface area contributed by atoms with Crippen molar-refractivity contribution in [3.05, 3.63) is 69.9 Å². The zero-order valence-electron chi connectivity index (χ0n) is 13.4. The van der Waals surface area contributed by atoms with Crippen molar-refractivity contribution in [2.24, 2.45) is 0 Å². The van der Waals surface area contributed by atoms with Crippen LogP contribution in [0.5, 0.6) is 0 Å². The number of aryl methyl sites for hydroxylation is 1. The topological polar surface area (TPSA) is 71.8 Å². The van der Waals surface area contributed by atoms with Crippen molar-refractivity contribution in [1.82, 2.24) is 9.97 Å². The van der Waals surface area contributed by atoms with Gasteiger partial charge in [0.1, 0.15) is 0 Å². The fourth-order valence-corrected chi connectivity index (χ4v) is 3.11. The Morgan fingerprint density at radius 2 is 1.85 bits per heavy atom. The van der Waals surface area contributed by atoms with Crippen LogP contribution in [-0.2, 0) is 6.18 Å². The molecule has 0 unspecified atom stereocenters. The van der Waals surface area contributed by atoms with E-state index in [1.54, 1.807) is 6.20 Å². The van der Waals surface area contributed by atoms with Gasteiger partial charge in [-0.25, -0.2) is 4.98 Å². The quantitative estimate of drug-likeness (QED) is 0.482. The Labute approximate surface area is 150 Å². The Morgan fingerprint density at radius 3 is 2.46 bits per heavy atom. The van der Waals surface area contributed by atoms with Crippen LogP contribution in [0.25, 0.3) is 11.3 Å². The summed E-state index contributed by atoms with van der Waals surface area (Å²) in [5.74, 6) is 0. The van der Waals surface area contributed by atoms with E-state index in [1.807, 2.05) is 31.2 Å². The van der Waals surface area contributed by atoms with Crippen LogP contribution in [0.4, 0.5) is 18.9 Å². The van der Waals surface area contributed by atoms with Crippen molar-refractivity contribution in [3.63, 3.8) is 0 Å². The number of nitro benzene ring substituents is 1. The summed E-state index contributed by atoms with van der Waals surface area (Å²) in [4.78, 5) is 17.5. The van der Waals surface area contributed by atoms with Crippen LogP contribution in [0.2, 0.25) is 0 Å². The highest BCUT2D eigenvalue weighted by atomic mass is 32.2. The first kappa shape index (κ1) is 18.0. The lowest BCUT2D eigenvalue weighted by Crippen LogP contribution is -2.05. The van der Waals surface area contributed by atoms with E-state index in [1.165, 1.54) is 0 Å². The molecule has 1 N–H and O–H groups in total. The van der Waals surface area contributed by atoms with Gasteiger partial charge in [-0.1, -0.05) is 29.8 Å². The summed E-state index contributed by atoms with van der Waals surface area (Å²) in [6.45, 7) is 1.96. The SMILES string of the molecule is Cc1ccc(-c2cnc(Sc3ccc(C(F)(F)F)cc3[N+](=O)[O-])[nH]2)cc1. The maximum Gasteiger partial charge on any atom is 0.416 e. The third-order valence-corrected chi connectivity index (χ3v) is 4.57. The lowest BCUT2D eigenvalue weighted by atomic mass is 10.1. The summed E-state index contributed by atoms with van der Waals surface area (Å²) < 4.78 is 38.3. The number of hydrogen-bond donors (Lipinski definition) is 1. The molecule has 134 valence electrons. The predicted molar refractivity (Wildman–Crippen MR) is 91.0 cm³/mol. The number of nitrogens with one attached hydrogen (secondary N) is 1. The van der Waals surface area contributed by atoms with Crippen LogP contribution in [0, 0.1) is 17.0 Å². The van der Waals surface area contributed by atoms with Crippen molar-refractivity contribution in [2.45, 2.75) is 23.2 Å². The van der Waals surface area contributed by atoms with E-state index < -0.39 is 22.4 Å². The highest BCUT2D eigenvalue weighted by molar-refractivity contribution is 7.99. The minimum absolute atomic E-state index is 0.0767. The molecule has 0 radical (unpaired) electrons. The number of halogens is 3. The Morgan fingerprint density at radius 1 is 1.15 bits per heavy atom. The maximum absolute atomic E-state index is 12.8. The van der Waals surface area contributed by atoms with Crippen molar-refractivity contribution in [1.29, 1.82) is 0 Å². The fraction of sp³-hybridized carbons (Fsp3) is 0.118. The van der Waals surface area contributed by atoms with E-state index >= 15 is 0 Å². The molecule has 0 aliphatic carbocycles. The lowest BCUT2D eigenvalue weighted by Gasteiger charge is -2.07. The molecule has 0 saturated carbocycles. The van der Waals surface area contributed by atoms with E-state index in [0.717, 1.165) is 35.0 Å². The molecule has 5 nitrogen and oxygen atoms in total. The van der Waals surface area contributed by atoms with Crippen LogP contribution in [0.15, 0.2) is 58.7 Å². The number of aromatic nitrogens is 2. The summed E-state index contributed by atoms with van der Waals surface area (Å²) >= 11 is 0.905. The van der Waals surface area contributed by atoms with Gasteiger partial charge in [-0.3, -0.25) is 10.1 Å². The summed E-state index contributed by atoms with van der Waals surface area (Å²) in [6, 6.07) is 10.1. The first-order valence-corrected chi connectivity index (χ1v) is 8.21. The van der Waals surface area contributed by atoms with Crippen molar-refractivity contribution in [3.8, 4) is 11.3 Å². The molecule has 0 bridgehead atoms. The van der Waals surface area contributed by atoms with Crippen molar-refractivity contribution in [2.75, 3.05) is 0 Å². The summed E-state index contributed by atoms with van der Waals surface area (Å²) in [5, 5.41) is 11.5. The van der Waals surface area contributed by atoms with Crippen LogP contribution < -0.4 is 0 Å². The van der Waals surface area contributed by atoms with Gasteiger partial charge >= 0.3 is 6.18 Å². The number of imidazole rings is 1. The molecule has 0 spiro atoms. The van der Waals surface area contributed by atoms with Gasteiger partial charge in [-0.2, -0.15) is 13.2 Å². The third kappa shape index (κ3) is 3.88.